The summed E-state index contributed by atoms with van der Waals surface area (Å²) in [5.74, 6) is 2.50. The van der Waals surface area contributed by atoms with Crippen LogP contribution in [0.4, 0.5) is 0 Å². The zero-order valence-corrected chi connectivity index (χ0v) is 13.4. The smallest absolute Gasteiger partial charge is 0.124 e. The topological polar surface area (TPSA) is 34.4 Å². The predicted octanol–water partition coefficient (Wildman–Crippen LogP) is 4.22. The molecular weight excluding hydrogens is 262 g/mol. The zero-order valence-electron chi connectivity index (χ0n) is 13.4. The third-order valence-electron chi connectivity index (χ3n) is 3.27. The van der Waals surface area contributed by atoms with Gasteiger partial charge in [-0.1, -0.05) is 19.9 Å². The molecule has 1 N–H and O–H groups in total. The van der Waals surface area contributed by atoms with Crippen molar-refractivity contribution in [3.8, 4) is 5.75 Å². The van der Waals surface area contributed by atoms with E-state index in [1.165, 1.54) is 11.1 Å². The summed E-state index contributed by atoms with van der Waals surface area (Å²) >= 11 is 0. The highest BCUT2D eigenvalue weighted by atomic mass is 16.5. The molecule has 0 spiro atoms. The summed E-state index contributed by atoms with van der Waals surface area (Å²) in [4.78, 5) is 0. The number of aryl methyl sites for hydroxylation is 2. The first-order chi connectivity index (χ1) is 10.0. The number of hydrogen-bond acceptors (Lipinski definition) is 3. The van der Waals surface area contributed by atoms with Crippen molar-refractivity contribution in [3.05, 3.63) is 53.0 Å². The Kier molecular flexibility index (Phi) is 5.45. The summed E-state index contributed by atoms with van der Waals surface area (Å²) in [5, 5.41) is 3.39. The lowest BCUT2D eigenvalue weighted by Gasteiger charge is -2.10. The molecule has 0 amide bonds. The summed E-state index contributed by atoms with van der Waals surface area (Å²) < 4.78 is 11.4. The summed E-state index contributed by atoms with van der Waals surface area (Å²) in [7, 11) is 0. The molecule has 0 fully saturated rings. The minimum Gasteiger partial charge on any atom is -0.489 e. The van der Waals surface area contributed by atoms with Crippen LogP contribution in [-0.4, -0.2) is 6.54 Å². The first kappa shape index (κ1) is 15.6. The molecule has 21 heavy (non-hydrogen) atoms. The first-order valence-electron chi connectivity index (χ1n) is 7.51. The van der Waals surface area contributed by atoms with E-state index in [0.717, 1.165) is 30.2 Å². The second-order valence-electron chi connectivity index (χ2n) is 6.01. The maximum Gasteiger partial charge on any atom is 0.124 e. The summed E-state index contributed by atoms with van der Waals surface area (Å²) in [5.41, 5.74) is 3.54. The molecule has 2 rings (SSSR count). The first-order valence-corrected chi connectivity index (χ1v) is 7.51. The van der Waals surface area contributed by atoms with Crippen LogP contribution in [0.5, 0.6) is 5.75 Å². The quantitative estimate of drug-likeness (QED) is 0.828. The Hall–Kier alpha value is -1.74. The van der Waals surface area contributed by atoms with Gasteiger partial charge in [0, 0.05) is 5.56 Å². The molecule has 0 bridgehead atoms. The van der Waals surface area contributed by atoms with Gasteiger partial charge in [0.05, 0.1) is 12.8 Å². The molecule has 1 heterocycles. The molecule has 0 aliphatic heterocycles. The van der Waals surface area contributed by atoms with Gasteiger partial charge in [0.15, 0.2) is 0 Å². The van der Waals surface area contributed by atoms with Gasteiger partial charge < -0.3 is 14.5 Å². The Labute approximate surface area is 127 Å². The second kappa shape index (κ2) is 7.32. The molecule has 0 aliphatic rings. The highest BCUT2D eigenvalue weighted by molar-refractivity contribution is 5.33. The van der Waals surface area contributed by atoms with E-state index in [0.29, 0.717) is 12.5 Å². The fourth-order valence-corrected chi connectivity index (χ4v) is 2.30. The van der Waals surface area contributed by atoms with E-state index in [-0.39, 0.29) is 0 Å². The molecule has 0 radical (unpaired) electrons. The largest absolute Gasteiger partial charge is 0.489 e. The fraction of sp³-hybridized carbons (Fsp3) is 0.444. The molecule has 1 aromatic heterocycles. The molecule has 0 unspecified atom stereocenters. The standard InChI is InChI=1S/C18H25NO2/c1-13(2)10-19-11-18-16(5-6-20-18)12-21-17-8-14(3)7-15(4)9-17/h5-9,13,19H,10-12H2,1-4H3. The second-order valence-corrected chi connectivity index (χ2v) is 6.01. The van der Waals surface area contributed by atoms with Gasteiger partial charge in [-0.15, -0.1) is 0 Å². The minimum absolute atomic E-state index is 0.540. The van der Waals surface area contributed by atoms with Crippen molar-refractivity contribution in [2.45, 2.75) is 40.8 Å². The van der Waals surface area contributed by atoms with E-state index in [4.69, 9.17) is 9.15 Å². The molecular formula is C18H25NO2. The normalized spacial score (nSPS) is 11.1. The molecule has 3 nitrogen and oxygen atoms in total. The average molecular weight is 287 g/mol. The average Bonchev–Trinajstić information content (AvgIpc) is 2.82. The van der Waals surface area contributed by atoms with Crippen LogP contribution in [0.3, 0.4) is 0 Å². The fourth-order valence-electron chi connectivity index (χ4n) is 2.30. The highest BCUT2D eigenvalue weighted by Gasteiger charge is 2.07. The van der Waals surface area contributed by atoms with E-state index in [2.05, 4.69) is 51.2 Å². The van der Waals surface area contributed by atoms with Crippen LogP contribution >= 0.6 is 0 Å². The third-order valence-corrected chi connectivity index (χ3v) is 3.27. The maximum atomic E-state index is 5.89. The number of hydrogen-bond donors (Lipinski definition) is 1. The van der Waals surface area contributed by atoms with Crippen molar-refractivity contribution in [2.75, 3.05) is 6.54 Å². The van der Waals surface area contributed by atoms with Crippen LogP contribution < -0.4 is 10.1 Å². The molecule has 0 atom stereocenters. The Morgan fingerprint density at radius 1 is 1.14 bits per heavy atom. The van der Waals surface area contributed by atoms with Gasteiger partial charge in [0.1, 0.15) is 18.1 Å². The van der Waals surface area contributed by atoms with Crippen molar-refractivity contribution in [3.63, 3.8) is 0 Å². The Bertz CT molecular complexity index is 552. The van der Waals surface area contributed by atoms with E-state index in [1.54, 1.807) is 6.26 Å². The number of benzene rings is 1. The minimum atomic E-state index is 0.540. The van der Waals surface area contributed by atoms with Crippen molar-refractivity contribution >= 4 is 0 Å². The zero-order chi connectivity index (χ0) is 15.2. The van der Waals surface area contributed by atoms with Gasteiger partial charge in [-0.25, -0.2) is 0 Å². The van der Waals surface area contributed by atoms with Gasteiger partial charge in [-0.05, 0) is 55.6 Å². The Morgan fingerprint density at radius 2 is 1.86 bits per heavy atom. The number of nitrogens with one attached hydrogen (secondary N) is 1. The molecule has 0 aliphatic carbocycles. The maximum absolute atomic E-state index is 5.89. The lowest BCUT2D eigenvalue weighted by Crippen LogP contribution is -2.19. The van der Waals surface area contributed by atoms with Crippen LogP contribution in [0.1, 0.15) is 36.3 Å². The van der Waals surface area contributed by atoms with Crippen LogP contribution in [0, 0.1) is 19.8 Å². The Balaban J connectivity index is 1.92. The number of ether oxygens (including phenoxy) is 1. The molecule has 114 valence electrons. The highest BCUT2D eigenvalue weighted by Crippen LogP contribution is 2.19. The van der Waals surface area contributed by atoms with Gasteiger partial charge in [-0.2, -0.15) is 0 Å². The van der Waals surface area contributed by atoms with Crippen molar-refractivity contribution in [1.29, 1.82) is 0 Å². The van der Waals surface area contributed by atoms with E-state index < -0.39 is 0 Å². The third kappa shape index (κ3) is 4.94. The molecule has 0 saturated carbocycles. The van der Waals surface area contributed by atoms with Crippen molar-refractivity contribution < 1.29 is 9.15 Å². The van der Waals surface area contributed by atoms with Gasteiger partial charge >= 0.3 is 0 Å². The summed E-state index contributed by atoms with van der Waals surface area (Å²) in [6.45, 7) is 10.8. The van der Waals surface area contributed by atoms with Crippen LogP contribution in [-0.2, 0) is 13.2 Å². The number of furan rings is 1. The monoisotopic (exact) mass is 287 g/mol. The number of rotatable bonds is 7. The van der Waals surface area contributed by atoms with E-state index >= 15 is 0 Å². The van der Waals surface area contributed by atoms with E-state index in [1.807, 2.05) is 6.07 Å². The summed E-state index contributed by atoms with van der Waals surface area (Å²) in [6.07, 6.45) is 1.73. The molecule has 2 aromatic rings. The Morgan fingerprint density at radius 3 is 2.52 bits per heavy atom. The van der Waals surface area contributed by atoms with Crippen LogP contribution in [0.15, 0.2) is 34.9 Å². The SMILES string of the molecule is Cc1cc(C)cc(OCc2ccoc2CNCC(C)C)c1. The lowest BCUT2D eigenvalue weighted by molar-refractivity contribution is 0.300. The molecule has 1 aromatic carbocycles. The molecule has 0 saturated heterocycles. The molecule has 3 heteroatoms. The van der Waals surface area contributed by atoms with E-state index in [9.17, 15) is 0 Å². The van der Waals surface area contributed by atoms with Gasteiger partial charge in [0.2, 0.25) is 0 Å². The van der Waals surface area contributed by atoms with Crippen molar-refractivity contribution in [2.24, 2.45) is 5.92 Å². The van der Waals surface area contributed by atoms with Gasteiger partial charge in [0.25, 0.3) is 0 Å². The van der Waals surface area contributed by atoms with Gasteiger partial charge in [-0.3, -0.25) is 0 Å². The van der Waals surface area contributed by atoms with Crippen LogP contribution in [0.25, 0.3) is 0 Å². The van der Waals surface area contributed by atoms with Crippen molar-refractivity contribution in [1.82, 2.24) is 5.32 Å². The summed E-state index contributed by atoms with van der Waals surface area (Å²) in [6, 6.07) is 8.24. The lowest BCUT2D eigenvalue weighted by atomic mass is 10.1. The predicted molar refractivity (Wildman–Crippen MR) is 85.5 cm³/mol. The van der Waals surface area contributed by atoms with Crippen LogP contribution in [0.2, 0.25) is 0 Å².